The SMILES string of the molecule is COc1cc(NC(=O)c2ccccc2)c([N+](=O)[O-])cc1N. The van der Waals surface area contributed by atoms with Crippen LogP contribution in [0.3, 0.4) is 0 Å². The zero-order valence-corrected chi connectivity index (χ0v) is 11.2. The minimum Gasteiger partial charge on any atom is -0.495 e. The predicted molar refractivity (Wildman–Crippen MR) is 78.5 cm³/mol. The second-order valence-electron chi connectivity index (χ2n) is 4.19. The van der Waals surface area contributed by atoms with Crippen molar-refractivity contribution in [3.8, 4) is 5.75 Å². The molecule has 7 nitrogen and oxygen atoms in total. The largest absolute Gasteiger partial charge is 0.495 e. The quantitative estimate of drug-likeness (QED) is 0.510. The van der Waals surface area contributed by atoms with Gasteiger partial charge in [-0.1, -0.05) is 18.2 Å². The number of methoxy groups -OCH3 is 1. The van der Waals surface area contributed by atoms with Gasteiger partial charge in [-0.3, -0.25) is 14.9 Å². The van der Waals surface area contributed by atoms with Gasteiger partial charge < -0.3 is 15.8 Å². The summed E-state index contributed by atoms with van der Waals surface area (Å²) in [6.07, 6.45) is 0. The highest BCUT2D eigenvalue weighted by Gasteiger charge is 2.20. The average molecular weight is 287 g/mol. The van der Waals surface area contributed by atoms with Crippen LogP contribution in [0.25, 0.3) is 0 Å². The summed E-state index contributed by atoms with van der Waals surface area (Å²) in [6, 6.07) is 10.9. The van der Waals surface area contributed by atoms with Gasteiger partial charge in [-0.2, -0.15) is 0 Å². The maximum absolute atomic E-state index is 12.1. The summed E-state index contributed by atoms with van der Waals surface area (Å²) in [5.41, 5.74) is 5.89. The third-order valence-corrected chi connectivity index (χ3v) is 2.83. The Morgan fingerprint density at radius 1 is 1.29 bits per heavy atom. The molecule has 2 aromatic carbocycles. The Morgan fingerprint density at radius 3 is 2.52 bits per heavy atom. The van der Waals surface area contributed by atoms with Crippen molar-refractivity contribution >= 4 is 23.0 Å². The first-order valence-corrected chi connectivity index (χ1v) is 6.01. The summed E-state index contributed by atoms with van der Waals surface area (Å²) < 4.78 is 5.01. The summed E-state index contributed by atoms with van der Waals surface area (Å²) >= 11 is 0. The Hall–Kier alpha value is -3.09. The third kappa shape index (κ3) is 3.08. The van der Waals surface area contributed by atoms with Crippen LogP contribution in [0.1, 0.15) is 10.4 Å². The molecular weight excluding hydrogens is 274 g/mol. The highest BCUT2D eigenvalue weighted by Crippen LogP contribution is 2.34. The van der Waals surface area contributed by atoms with Gasteiger partial charge >= 0.3 is 0 Å². The fraction of sp³-hybridized carbons (Fsp3) is 0.0714. The van der Waals surface area contributed by atoms with Gasteiger partial charge in [0.05, 0.1) is 17.7 Å². The molecule has 1 amide bonds. The number of nitrogens with zero attached hydrogens (tertiary/aromatic N) is 1. The van der Waals surface area contributed by atoms with Crippen LogP contribution in [0.15, 0.2) is 42.5 Å². The number of nitrogens with two attached hydrogens (primary N) is 1. The van der Waals surface area contributed by atoms with Crippen LogP contribution in [0.4, 0.5) is 17.1 Å². The fourth-order valence-corrected chi connectivity index (χ4v) is 1.80. The highest BCUT2D eigenvalue weighted by molar-refractivity contribution is 6.05. The molecule has 2 rings (SSSR count). The maximum Gasteiger partial charge on any atom is 0.295 e. The van der Waals surface area contributed by atoms with E-state index in [4.69, 9.17) is 10.5 Å². The molecule has 0 atom stereocenters. The molecule has 0 heterocycles. The van der Waals surface area contributed by atoms with Crippen molar-refractivity contribution < 1.29 is 14.5 Å². The lowest BCUT2D eigenvalue weighted by Crippen LogP contribution is -2.13. The molecule has 0 unspecified atom stereocenters. The zero-order chi connectivity index (χ0) is 15.4. The molecule has 0 bridgehead atoms. The van der Waals surface area contributed by atoms with Crippen LogP contribution in [-0.2, 0) is 0 Å². The van der Waals surface area contributed by atoms with Crippen LogP contribution in [-0.4, -0.2) is 17.9 Å². The van der Waals surface area contributed by atoms with Crippen molar-refractivity contribution in [1.29, 1.82) is 0 Å². The van der Waals surface area contributed by atoms with Crippen molar-refractivity contribution in [3.05, 3.63) is 58.1 Å². The van der Waals surface area contributed by atoms with E-state index >= 15 is 0 Å². The Labute approximate surface area is 120 Å². The molecule has 2 aromatic rings. The maximum atomic E-state index is 12.1. The van der Waals surface area contributed by atoms with Gasteiger partial charge in [0.25, 0.3) is 11.6 Å². The lowest BCUT2D eigenvalue weighted by molar-refractivity contribution is -0.383. The standard InChI is InChI=1S/C14H13N3O4/c1-21-13-8-11(12(17(19)20)7-10(13)15)16-14(18)9-5-3-2-4-6-9/h2-8H,15H2,1H3,(H,16,18). The van der Waals surface area contributed by atoms with Crippen molar-refractivity contribution in [3.63, 3.8) is 0 Å². The minimum atomic E-state index is -0.615. The topological polar surface area (TPSA) is 107 Å². The molecule has 108 valence electrons. The number of hydrogen-bond donors (Lipinski definition) is 2. The summed E-state index contributed by atoms with van der Waals surface area (Å²) in [6.45, 7) is 0. The molecule has 0 saturated carbocycles. The number of rotatable bonds is 4. The molecule has 0 spiro atoms. The first kappa shape index (κ1) is 14.3. The molecule has 7 heteroatoms. The Bertz CT molecular complexity index is 686. The molecule has 0 radical (unpaired) electrons. The third-order valence-electron chi connectivity index (χ3n) is 2.83. The number of carbonyl (C=O) groups is 1. The van der Waals surface area contributed by atoms with Crippen molar-refractivity contribution in [2.45, 2.75) is 0 Å². The molecule has 0 saturated heterocycles. The predicted octanol–water partition coefficient (Wildman–Crippen LogP) is 2.44. The van der Waals surface area contributed by atoms with Crippen LogP contribution >= 0.6 is 0 Å². The van der Waals surface area contributed by atoms with E-state index in [2.05, 4.69) is 5.32 Å². The van der Waals surface area contributed by atoms with Crippen LogP contribution in [0, 0.1) is 10.1 Å². The molecule has 0 aliphatic carbocycles. The molecule has 3 N–H and O–H groups in total. The summed E-state index contributed by atoms with van der Waals surface area (Å²) in [4.78, 5) is 22.5. The van der Waals surface area contributed by atoms with Gasteiger partial charge in [0.15, 0.2) is 0 Å². The number of hydrogen-bond acceptors (Lipinski definition) is 5. The number of carbonyl (C=O) groups excluding carboxylic acids is 1. The Balaban J connectivity index is 2.38. The number of nitrogen functional groups attached to an aromatic ring is 1. The molecule has 0 aromatic heterocycles. The Morgan fingerprint density at radius 2 is 1.95 bits per heavy atom. The van der Waals surface area contributed by atoms with Crippen molar-refractivity contribution in [1.82, 2.24) is 0 Å². The fourth-order valence-electron chi connectivity index (χ4n) is 1.80. The normalized spacial score (nSPS) is 9.95. The molecule has 21 heavy (non-hydrogen) atoms. The summed E-state index contributed by atoms with van der Waals surface area (Å²) in [7, 11) is 1.39. The number of ether oxygens (including phenoxy) is 1. The first-order chi connectivity index (χ1) is 10.0. The number of anilines is 2. The van der Waals surface area contributed by atoms with Gasteiger partial charge in [0, 0.05) is 17.7 Å². The number of benzene rings is 2. The minimum absolute atomic E-state index is 0.0277. The smallest absolute Gasteiger partial charge is 0.295 e. The van der Waals surface area contributed by atoms with Crippen molar-refractivity contribution in [2.75, 3.05) is 18.2 Å². The number of amides is 1. The van der Waals surface area contributed by atoms with E-state index in [9.17, 15) is 14.9 Å². The van der Waals surface area contributed by atoms with Gasteiger partial charge in [-0.05, 0) is 12.1 Å². The van der Waals surface area contributed by atoms with E-state index in [0.717, 1.165) is 6.07 Å². The van der Waals surface area contributed by atoms with E-state index in [1.807, 2.05) is 0 Å². The lowest BCUT2D eigenvalue weighted by Gasteiger charge is -2.10. The lowest BCUT2D eigenvalue weighted by atomic mass is 10.2. The van der Waals surface area contributed by atoms with Crippen LogP contribution in [0.5, 0.6) is 5.75 Å². The van der Waals surface area contributed by atoms with Crippen molar-refractivity contribution in [2.24, 2.45) is 0 Å². The van der Waals surface area contributed by atoms with Crippen LogP contribution < -0.4 is 15.8 Å². The second kappa shape index (κ2) is 5.91. The van der Waals surface area contributed by atoms with E-state index in [1.165, 1.54) is 13.2 Å². The molecule has 0 aliphatic heterocycles. The van der Waals surface area contributed by atoms with Gasteiger partial charge in [-0.25, -0.2) is 0 Å². The van der Waals surface area contributed by atoms with E-state index in [1.54, 1.807) is 30.3 Å². The van der Waals surface area contributed by atoms with E-state index in [0.29, 0.717) is 5.56 Å². The Kier molecular flexibility index (Phi) is 4.03. The first-order valence-electron chi connectivity index (χ1n) is 6.01. The highest BCUT2D eigenvalue weighted by atomic mass is 16.6. The van der Waals surface area contributed by atoms with E-state index in [-0.39, 0.29) is 22.8 Å². The summed E-state index contributed by atoms with van der Waals surface area (Å²) in [5.74, 6) is -0.200. The zero-order valence-electron chi connectivity index (χ0n) is 11.2. The summed E-state index contributed by atoms with van der Waals surface area (Å²) in [5, 5.41) is 13.5. The number of nitro groups is 1. The van der Waals surface area contributed by atoms with E-state index < -0.39 is 10.8 Å². The number of nitrogens with one attached hydrogen (secondary N) is 1. The molecule has 0 aliphatic rings. The number of nitro benzene ring substituents is 1. The van der Waals surface area contributed by atoms with Gasteiger partial charge in [0.2, 0.25) is 0 Å². The monoisotopic (exact) mass is 287 g/mol. The second-order valence-corrected chi connectivity index (χ2v) is 4.19. The van der Waals surface area contributed by atoms with Crippen LogP contribution in [0.2, 0.25) is 0 Å². The average Bonchev–Trinajstić information content (AvgIpc) is 2.49. The van der Waals surface area contributed by atoms with Gasteiger partial charge in [0.1, 0.15) is 11.4 Å². The molecular formula is C14H13N3O4. The van der Waals surface area contributed by atoms with Gasteiger partial charge in [-0.15, -0.1) is 0 Å². The molecule has 0 fully saturated rings.